The van der Waals surface area contributed by atoms with Crippen LogP contribution in [0.25, 0.3) is 0 Å². The summed E-state index contributed by atoms with van der Waals surface area (Å²) >= 11 is 0. The fourth-order valence-electron chi connectivity index (χ4n) is 6.90. The minimum absolute atomic E-state index is 0.0899. The first-order chi connectivity index (χ1) is 31.6. The highest BCUT2D eigenvalue weighted by atomic mass is 16.6. The van der Waals surface area contributed by atoms with Crippen LogP contribution in [0.4, 0.5) is 0 Å². The Balaban J connectivity index is 3.57. The first-order valence-corrected chi connectivity index (χ1v) is 26.1. The fourth-order valence-corrected chi connectivity index (χ4v) is 6.90. The molecule has 0 radical (unpaired) electrons. The molecule has 0 heterocycles. The van der Waals surface area contributed by atoms with Gasteiger partial charge in [-0.25, -0.2) is 0 Å². The quantitative estimate of drug-likeness (QED) is 0.0375. The number of carbonyl (C=O) groups excluding carboxylic acids is 2. The van der Waals surface area contributed by atoms with Crippen molar-refractivity contribution in [2.75, 3.05) is 13.2 Å². The largest absolute Gasteiger partial charge is 0.462 e. The molecule has 5 nitrogen and oxygen atoms in total. The zero-order valence-corrected chi connectivity index (χ0v) is 41.2. The van der Waals surface area contributed by atoms with Crippen LogP contribution < -0.4 is 0 Å². The number of unbranched alkanes of at least 4 members (excludes halogenated alkanes) is 18. The van der Waals surface area contributed by atoms with Crippen molar-refractivity contribution in [1.29, 1.82) is 0 Å². The van der Waals surface area contributed by atoms with Crippen LogP contribution in [0.3, 0.4) is 0 Å². The van der Waals surface area contributed by atoms with Gasteiger partial charge in [0, 0.05) is 12.8 Å². The van der Waals surface area contributed by atoms with Crippen LogP contribution in [0.2, 0.25) is 0 Å². The van der Waals surface area contributed by atoms with E-state index in [1.807, 2.05) is 0 Å². The van der Waals surface area contributed by atoms with E-state index in [4.69, 9.17) is 9.47 Å². The normalized spacial score (nSPS) is 13.2. The van der Waals surface area contributed by atoms with Crippen molar-refractivity contribution in [2.24, 2.45) is 0 Å². The molecule has 0 saturated carbocycles. The number of carbonyl (C=O) groups is 2. The molecule has 0 fully saturated rings. The molecule has 1 N–H and O–H groups in total. The summed E-state index contributed by atoms with van der Waals surface area (Å²) in [5.74, 6) is -0.646. The molecule has 0 bridgehead atoms. The molecule has 0 saturated heterocycles. The van der Waals surface area contributed by atoms with Crippen LogP contribution in [0.15, 0.2) is 122 Å². The average molecular weight is 885 g/mol. The van der Waals surface area contributed by atoms with Gasteiger partial charge in [-0.15, -0.1) is 0 Å². The minimum Gasteiger partial charge on any atom is -0.462 e. The van der Waals surface area contributed by atoms with E-state index in [0.717, 1.165) is 103 Å². The summed E-state index contributed by atoms with van der Waals surface area (Å²) in [6.07, 6.45) is 78.7. The number of ether oxygens (including phenoxy) is 2. The number of hydrogen-bond donors (Lipinski definition) is 1. The van der Waals surface area contributed by atoms with E-state index in [0.29, 0.717) is 12.8 Å². The van der Waals surface area contributed by atoms with E-state index in [1.165, 1.54) is 89.9 Å². The number of rotatable bonds is 46. The summed E-state index contributed by atoms with van der Waals surface area (Å²) in [7, 11) is 0. The zero-order valence-electron chi connectivity index (χ0n) is 41.2. The lowest BCUT2D eigenvalue weighted by molar-refractivity contribution is -0.161. The topological polar surface area (TPSA) is 72.8 Å². The summed E-state index contributed by atoms with van der Waals surface area (Å²) in [6, 6.07) is 0. The van der Waals surface area contributed by atoms with E-state index in [1.54, 1.807) is 0 Å². The Labute approximate surface area is 394 Å². The Hall–Kier alpha value is -3.70. The monoisotopic (exact) mass is 885 g/mol. The van der Waals surface area contributed by atoms with Gasteiger partial charge in [-0.2, -0.15) is 0 Å². The highest BCUT2D eigenvalue weighted by molar-refractivity contribution is 5.70. The van der Waals surface area contributed by atoms with Crippen LogP contribution in [0.1, 0.15) is 219 Å². The smallest absolute Gasteiger partial charge is 0.306 e. The van der Waals surface area contributed by atoms with Crippen LogP contribution in [0, 0.1) is 0 Å². The van der Waals surface area contributed by atoms with Gasteiger partial charge < -0.3 is 14.6 Å². The molecule has 5 heteroatoms. The maximum atomic E-state index is 12.2. The molecule has 0 rings (SSSR count). The number of allylic oxidation sites excluding steroid dienone is 20. The van der Waals surface area contributed by atoms with Gasteiger partial charge in [0.1, 0.15) is 6.61 Å². The number of hydrogen-bond acceptors (Lipinski definition) is 5. The van der Waals surface area contributed by atoms with Crippen LogP contribution >= 0.6 is 0 Å². The van der Waals surface area contributed by atoms with Crippen molar-refractivity contribution in [1.82, 2.24) is 0 Å². The van der Waals surface area contributed by atoms with Crippen molar-refractivity contribution in [2.45, 2.75) is 225 Å². The standard InChI is InChI=1S/C59H96O5/c1-3-5-7-9-11-13-15-17-19-21-23-25-26-27-28-29-30-31-32-34-35-37-39-41-43-45-47-49-51-53-58(61)63-56-57(55-60)64-59(62)54-52-50-48-46-44-42-40-38-36-33-24-22-20-18-16-14-12-10-8-6-4-2/h5-8,11-14,17-20,23-25,33,38,40,44,46,57,60H,3-4,9-10,15-16,21-22,26-32,34-37,39,41-43,45,47-56H2,1-2H3/b7-5-,8-6-,13-11-,14-12-,19-17-,20-18-,25-23-,33-24-,40-38-,46-44-. The van der Waals surface area contributed by atoms with Crippen molar-refractivity contribution >= 4 is 11.9 Å². The highest BCUT2D eigenvalue weighted by Gasteiger charge is 2.16. The maximum Gasteiger partial charge on any atom is 0.306 e. The van der Waals surface area contributed by atoms with E-state index >= 15 is 0 Å². The Morgan fingerprint density at radius 2 is 0.625 bits per heavy atom. The fraction of sp³-hybridized carbons (Fsp3) is 0.627. The van der Waals surface area contributed by atoms with Gasteiger partial charge in [-0.1, -0.05) is 225 Å². The first kappa shape index (κ1) is 60.3. The molecule has 0 amide bonds. The molecule has 1 unspecified atom stereocenters. The molecule has 0 aliphatic heterocycles. The van der Waals surface area contributed by atoms with Crippen LogP contribution in [-0.4, -0.2) is 36.4 Å². The van der Waals surface area contributed by atoms with Crippen molar-refractivity contribution in [3.63, 3.8) is 0 Å². The summed E-state index contributed by atoms with van der Waals surface area (Å²) < 4.78 is 10.6. The van der Waals surface area contributed by atoms with E-state index < -0.39 is 6.10 Å². The minimum atomic E-state index is -0.803. The average Bonchev–Trinajstić information content (AvgIpc) is 3.30. The molecule has 1 atom stereocenters. The molecular weight excluding hydrogens is 789 g/mol. The number of aliphatic hydroxyl groups is 1. The molecule has 0 aromatic rings. The SMILES string of the molecule is CC/C=C\C/C=C\C/C=C\C/C=C\C/C=C\C/C=C\CCCCC(=O)OC(CO)COC(=O)CCCCCCCCCCCCCCCCCC/C=C\C/C=C\C/C=C\C/C=C\CC. The van der Waals surface area contributed by atoms with Gasteiger partial charge in [-0.05, 0) is 103 Å². The van der Waals surface area contributed by atoms with Gasteiger partial charge >= 0.3 is 11.9 Å². The third kappa shape index (κ3) is 50.9. The second-order valence-electron chi connectivity index (χ2n) is 16.8. The maximum absolute atomic E-state index is 12.2. The zero-order chi connectivity index (χ0) is 46.3. The van der Waals surface area contributed by atoms with E-state index in [9.17, 15) is 14.7 Å². The third-order valence-corrected chi connectivity index (χ3v) is 10.8. The molecule has 0 aromatic carbocycles. The summed E-state index contributed by atoms with van der Waals surface area (Å²) in [5.41, 5.74) is 0. The Bertz CT molecular complexity index is 1320. The summed E-state index contributed by atoms with van der Waals surface area (Å²) in [5, 5.41) is 9.63. The van der Waals surface area contributed by atoms with Crippen molar-refractivity contribution < 1.29 is 24.2 Å². The van der Waals surface area contributed by atoms with E-state index in [-0.39, 0.29) is 25.2 Å². The van der Waals surface area contributed by atoms with Gasteiger partial charge in [0.25, 0.3) is 0 Å². The lowest BCUT2D eigenvalue weighted by atomic mass is 10.0. The first-order valence-electron chi connectivity index (χ1n) is 26.1. The Morgan fingerprint density at radius 1 is 0.359 bits per heavy atom. The molecule has 0 aromatic heterocycles. The van der Waals surface area contributed by atoms with Gasteiger partial charge in [0.15, 0.2) is 6.10 Å². The molecule has 64 heavy (non-hydrogen) atoms. The Morgan fingerprint density at radius 3 is 0.969 bits per heavy atom. The van der Waals surface area contributed by atoms with Crippen molar-refractivity contribution in [3.8, 4) is 0 Å². The van der Waals surface area contributed by atoms with Crippen LogP contribution in [-0.2, 0) is 19.1 Å². The number of aliphatic hydroxyl groups excluding tert-OH is 1. The molecule has 0 aliphatic rings. The summed E-state index contributed by atoms with van der Waals surface area (Å²) in [4.78, 5) is 24.5. The van der Waals surface area contributed by atoms with Crippen molar-refractivity contribution in [3.05, 3.63) is 122 Å². The predicted molar refractivity (Wildman–Crippen MR) is 278 cm³/mol. The lowest BCUT2D eigenvalue weighted by Crippen LogP contribution is -2.28. The van der Waals surface area contributed by atoms with Gasteiger partial charge in [0.05, 0.1) is 6.61 Å². The number of esters is 2. The summed E-state index contributed by atoms with van der Waals surface area (Å²) in [6.45, 7) is 3.88. The van der Waals surface area contributed by atoms with Gasteiger partial charge in [-0.3, -0.25) is 9.59 Å². The molecule has 362 valence electrons. The Kier molecular flexibility index (Phi) is 50.5. The highest BCUT2D eigenvalue weighted by Crippen LogP contribution is 2.15. The molecular formula is C59H96O5. The predicted octanol–water partition coefficient (Wildman–Crippen LogP) is 17.5. The molecule has 0 aliphatic carbocycles. The van der Waals surface area contributed by atoms with Gasteiger partial charge in [0.2, 0.25) is 0 Å². The van der Waals surface area contributed by atoms with Crippen LogP contribution in [0.5, 0.6) is 0 Å². The van der Waals surface area contributed by atoms with E-state index in [2.05, 4.69) is 135 Å². The second kappa shape index (κ2) is 53.6. The molecule has 0 spiro atoms. The lowest BCUT2D eigenvalue weighted by Gasteiger charge is -2.15. The second-order valence-corrected chi connectivity index (χ2v) is 16.8. The third-order valence-electron chi connectivity index (χ3n) is 10.8.